The number of anilines is 1. The summed E-state index contributed by atoms with van der Waals surface area (Å²) in [6.45, 7) is 0.433. The van der Waals surface area contributed by atoms with Crippen molar-refractivity contribution in [2.75, 3.05) is 12.4 Å². The summed E-state index contributed by atoms with van der Waals surface area (Å²) >= 11 is 0. The van der Waals surface area contributed by atoms with Gasteiger partial charge in [-0.15, -0.1) is 0 Å². The molecule has 0 bridgehead atoms. The summed E-state index contributed by atoms with van der Waals surface area (Å²) in [5, 5.41) is 2.81. The highest BCUT2D eigenvalue weighted by Gasteiger charge is 2.12. The van der Waals surface area contributed by atoms with Crippen molar-refractivity contribution in [3.63, 3.8) is 0 Å². The van der Waals surface area contributed by atoms with Crippen LogP contribution in [0.25, 0.3) is 0 Å². The van der Waals surface area contributed by atoms with Crippen LogP contribution in [-0.2, 0) is 6.54 Å². The number of nitrogens with two attached hydrogens (primary N) is 1. The van der Waals surface area contributed by atoms with Gasteiger partial charge >= 0.3 is 0 Å². The van der Waals surface area contributed by atoms with Crippen molar-refractivity contribution in [1.29, 1.82) is 0 Å². The number of pyridine rings is 1. The predicted molar refractivity (Wildman–Crippen MR) is 73.1 cm³/mol. The summed E-state index contributed by atoms with van der Waals surface area (Å²) in [5.41, 5.74) is 7.66. The monoisotopic (exact) mass is 257 g/mol. The van der Waals surface area contributed by atoms with Crippen LogP contribution in [-0.4, -0.2) is 18.0 Å². The molecule has 2 aromatic rings. The van der Waals surface area contributed by atoms with Crippen molar-refractivity contribution >= 4 is 11.6 Å². The van der Waals surface area contributed by atoms with Crippen LogP contribution in [0.5, 0.6) is 5.75 Å². The first kappa shape index (κ1) is 13.0. The normalized spacial score (nSPS) is 10.0. The molecule has 19 heavy (non-hydrogen) atoms. The number of hydrogen-bond donors (Lipinski definition) is 2. The molecular formula is C14H15N3O2. The van der Waals surface area contributed by atoms with E-state index in [9.17, 15) is 4.79 Å². The molecule has 1 aromatic carbocycles. The van der Waals surface area contributed by atoms with Gasteiger partial charge in [0.2, 0.25) is 0 Å². The van der Waals surface area contributed by atoms with Crippen molar-refractivity contribution < 1.29 is 9.53 Å². The second kappa shape index (κ2) is 5.97. The zero-order valence-electron chi connectivity index (χ0n) is 10.6. The number of carbonyl (C=O) groups is 1. The number of nitrogens with zero attached hydrogens (tertiary/aromatic N) is 1. The van der Waals surface area contributed by atoms with E-state index in [1.54, 1.807) is 12.3 Å². The van der Waals surface area contributed by atoms with E-state index in [4.69, 9.17) is 10.5 Å². The largest absolute Gasteiger partial charge is 0.494 e. The van der Waals surface area contributed by atoms with Gasteiger partial charge in [-0.25, -0.2) is 0 Å². The lowest BCUT2D eigenvalue weighted by Gasteiger charge is -2.09. The molecule has 0 aliphatic carbocycles. The molecule has 0 aliphatic rings. The third-order valence-corrected chi connectivity index (χ3v) is 2.67. The van der Waals surface area contributed by atoms with E-state index >= 15 is 0 Å². The van der Waals surface area contributed by atoms with Gasteiger partial charge < -0.3 is 15.8 Å². The third kappa shape index (κ3) is 3.08. The summed E-state index contributed by atoms with van der Waals surface area (Å²) in [4.78, 5) is 16.1. The van der Waals surface area contributed by atoms with Crippen molar-refractivity contribution in [1.82, 2.24) is 4.98 Å². The number of carbonyl (C=O) groups excluding carboxylic acids is 1. The third-order valence-electron chi connectivity index (χ3n) is 2.67. The molecule has 0 unspecified atom stereocenters. The second-order valence-electron chi connectivity index (χ2n) is 3.93. The minimum atomic E-state index is -0.242. The average molecular weight is 257 g/mol. The van der Waals surface area contributed by atoms with Crippen molar-refractivity contribution in [2.45, 2.75) is 6.54 Å². The summed E-state index contributed by atoms with van der Waals surface area (Å²) in [5.74, 6) is 0.198. The van der Waals surface area contributed by atoms with Gasteiger partial charge in [-0.05, 0) is 23.8 Å². The molecule has 0 fully saturated rings. The minimum absolute atomic E-state index is 0.242. The number of amides is 1. The molecule has 1 amide bonds. The van der Waals surface area contributed by atoms with Crippen LogP contribution in [0.15, 0.2) is 42.7 Å². The van der Waals surface area contributed by atoms with E-state index in [0.717, 1.165) is 5.56 Å². The molecular weight excluding hydrogens is 242 g/mol. The van der Waals surface area contributed by atoms with Gasteiger partial charge in [-0.3, -0.25) is 9.78 Å². The Bertz CT molecular complexity index is 584. The Morgan fingerprint density at radius 1 is 1.42 bits per heavy atom. The van der Waals surface area contributed by atoms with E-state index < -0.39 is 0 Å². The highest BCUT2D eigenvalue weighted by molar-refractivity contribution is 6.06. The van der Waals surface area contributed by atoms with Gasteiger partial charge in [-0.2, -0.15) is 0 Å². The Hall–Kier alpha value is -2.40. The van der Waals surface area contributed by atoms with Crippen LogP contribution < -0.4 is 15.8 Å². The molecule has 3 N–H and O–H groups in total. The Morgan fingerprint density at radius 3 is 3.00 bits per heavy atom. The number of nitrogens with one attached hydrogen (secondary N) is 1. The number of aromatic nitrogens is 1. The summed E-state index contributed by atoms with van der Waals surface area (Å²) in [7, 11) is 1.50. The molecule has 0 saturated carbocycles. The topological polar surface area (TPSA) is 77.2 Å². The maximum Gasteiger partial charge on any atom is 0.259 e. The van der Waals surface area contributed by atoms with Crippen LogP contribution in [0.3, 0.4) is 0 Å². The van der Waals surface area contributed by atoms with Gasteiger partial charge in [0, 0.05) is 18.4 Å². The number of rotatable bonds is 4. The molecule has 0 spiro atoms. The highest BCUT2D eigenvalue weighted by atomic mass is 16.5. The summed E-state index contributed by atoms with van der Waals surface area (Å²) < 4.78 is 5.11. The van der Waals surface area contributed by atoms with E-state index in [1.165, 1.54) is 13.3 Å². The lowest BCUT2D eigenvalue weighted by atomic mass is 10.2. The first-order valence-corrected chi connectivity index (χ1v) is 5.83. The van der Waals surface area contributed by atoms with E-state index in [1.807, 2.05) is 24.3 Å². The smallest absolute Gasteiger partial charge is 0.259 e. The standard InChI is InChI=1S/C14H15N3O2/c1-19-13-9-16-6-5-12(13)14(18)17-11-4-2-3-10(7-11)8-15/h2-7,9H,8,15H2,1H3,(H,17,18). The van der Waals surface area contributed by atoms with Crippen molar-refractivity contribution in [3.05, 3.63) is 53.9 Å². The lowest BCUT2D eigenvalue weighted by molar-refractivity contribution is 0.102. The van der Waals surface area contributed by atoms with Gasteiger partial charge in [0.15, 0.2) is 0 Å². The molecule has 0 saturated heterocycles. The van der Waals surface area contributed by atoms with Gasteiger partial charge in [0.25, 0.3) is 5.91 Å². The van der Waals surface area contributed by atoms with Crippen LogP contribution in [0.1, 0.15) is 15.9 Å². The first-order valence-electron chi connectivity index (χ1n) is 5.83. The van der Waals surface area contributed by atoms with E-state index in [-0.39, 0.29) is 5.91 Å². The van der Waals surface area contributed by atoms with Gasteiger partial charge in [0.05, 0.1) is 18.9 Å². The Morgan fingerprint density at radius 2 is 2.26 bits per heavy atom. The molecule has 5 heteroatoms. The molecule has 0 radical (unpaired) electrons. The maximum atomic E-state index is 12.1. The zero-order chi connectivity index (χ0) is 13.7. The average Bonchev–Trinajstić information content (AvgIpc) is 2.47. The molecule has 5 nitrogen and oxygen atoms in total. The quantitative estimate of drug-likeness (QED) is 0.875. The minimum Gasteiger partial charge on any atom is -0.494 e. The highest BCUT2D eigenvalue weighted by Crippen LogP contribution is 2.18. The molecule has 0 atom stereocenters. The lowest BCUT2D eigenvalue weighted by Crippen LogP contribution is -2.13. The summed E-state index contributed by atoms with van der Waals surface area (Å²) in [6.07, 6.45) is 3.05. The maximum absolute atomic E-state index is 12.1. The predicted octanol–water partition coefficient (Wildman–Crippen LogP) is 1.80. The fourth-order valence-electron chi connectivity index (χ4n) is 1.70. The second-order valence-corrected chi connectivity index (χ2v) is 3.93. The molecule has 1 heterocycles. The number of hydrogen-bond acceptors (Lipinski definition) is 4. The summed E-state index contributed by atoms with van der Waals surface area (Å²) in [6, 6.07) is 9.02. The molecule has 0 aliphatic heterocycles. The van der Waals surface area contributed by atoms with E-state index in [2.05, 4.69) is 10.3 Å². The zero-order valence-corrected chi connectivity index (χ0v) is 10.6. The number of methoxy groups -OCH3 is 1. The molecule has 1 aromatic heterocycles. The fourth-order valence-corrected chi connectivity index (χ4v) is 1.70. The van der Waals surface area contributed by atoms with Crippen LogP contribution in [0, 0.1) is 0 Å². The molecule has 2 rings (SSSR count). The fraction of sp³-hybridized carbons (Fsp3) is 0.143. The first-order chi connectivity index (χ1) is 9.24. The Kier molecular flexibility index (Phi) is 4.10. The Balaban J connectivity index is 2.20. The van der Waals surface area contributed by atoms with Crippen molar-refractivity contribution in [3.8, 4) is 5.75 Å². The van der Waals surface area contributed by atoms with Crippen LogP contribution >= 0.6 is 0 Å². The number of benzene rings is 1. The SMILES string of the molecule is COc1cnccc1C(=O)Nc1cccc(CN)c1. The Labute approximate surface area is 111 Å². The van der Waals surface area contributed by atoms with E-state index in [0.29, 0.717) is 23.5 Å². The van der Waals surface area contributed by atoms with Gasteiger partial charge in [-0.1, -0.05) is 12.1 Å². The van der Waals surface area contributed by atoms with Crippen LogP contribution in [0.2, 0.25) is 0 Å². The van der Waals surface area contributed by atoms with Crippen molar-refractivity contribution in [2.24, 2.45) is 5.73 Å². The van der Waals surface area contributed by atoms with Crippen LogP contribution in [0.4, 0.5) is 5.69 Å². The van der Waals surface area contributed by atoms with Gasteiger partial charge in [0.1, 0.15) is 5.75 Å². The molecule has 98 valence electrons. The number of ether oxygens (including phenoxy) is 1.